The number of hydrogen-bond acceptors (Lipinski definition) is 3. The van der Waals surface area contributed by atoms with Crippen LogP contribution in [0.15, 0.2) is 24.3 Å². The van der Waals surface area contributed by atoms with Crippen molar-refractivity contribution in [1.82, 2.24) is 9.44 Å². The zero-order chi connectivity index (χ0) is 14.3. The summed E-state index contributed by atoms with van der Waals surface area (Å²) in [6.07, 6.45) is 0.423. The summed E-state index contributed by atoms with van der Waals surface area (Å²) >= 11 is 0. The molecule has 19 heavy (non-hydrogen) atoms. The van der Waals surface area contributed by atoms with Crippen LogP contribution in [0, 0.1) is 11.8 Å². The van der Waals surface area contributed by atoms with Crippen LogP contribution in [0.4, 0.5) is 0 Å². The molecule has 0 heterocycles. The molecular formula is C13H18N2O3S. The van der Waals surface area contributed by atoms with E-state index in [-0.39, 0.29) is 12.6 Å². The number of aliphatic hydroxyl groups is 1. The minimum Gasteiger partial charge on any atom is -0.395 e. The summed E-state index contributed by atoms with van der Waals surface area (Å²) in [5, 5.41) is 8.66. The van der Waals surface area contributed by atoms with Crippen LogP contribution < -0.4 is 9.44 Å². The van der Waals surface area contributed by atoms with Crippen LogP contribution in [0.5, 0.6) is 0 Å². The predicted molar refractivity (Wildman–Crippen MR) is 74.6 cm³/mol. The first-order valence-electron chi connectivity index (χ1n) is 5.89. The predicted octanol–water partition coefficient (Wildman–Crippen LogP) is 0.535. The van der Waals surface area contributed by atoms with Crippen LogP contribution in [-0.4, -0.2) is 27.2 Å². The second-order valence-corrected chi connectivity index (χ2v) is 5.60. The molecule has 0 saturated carbocycles. The highest BCUT2D eigenvalue weighted by atomic mass is 32.2. The minimum absolute atomic E-state index is 0.0328. The van der Waals surface area contributed by atoms with Crippen molar-refractivity contribution in [3.63, 3.8) is 0 Å². The lowest BCUT2D eigenvalue weighted by molar-refractivity contribution is 0.305. The summed E-state index contributed by atoms with van der Waals surface area (Å²) in [7, 11) is -2.12. The van der Waals surface area contributed by atoms with Crippen molar-refractivity contribution in [2.75, 3.05) is 13.7 Å². The van der Waals surface area contributed by atoms with Gasteiger partial charge in [0.15, 0.2) is 0 Å². The average Bonchev–Trinajstić information content (AvgIpc) is 2.39. The fourth-order valence-corrected chi connectivity index (χ4v) is 2.19. The molecule has 0 aliphatic heterocycles. The Morgan fingerprint density at radius 3 is 2.79 bits per heavy atom. The Labute approximate surface area is 114 Å². The monoisotopic (exact) mass is 282 g/mol. The third-order valence-corrected chi connectivity index (χ3v) is 3.66. The fraction of sp³-hybridized carbons (Fsp3) is 0.385. The Hall–Kier alpha value is -1.39. The van der Waals surface area contributed by atoms with Crippen molar-refractivity contribution >= 4 is 10.2 Å². The summed E-state index contributed by atoms with van der Waals surface area (Å²) in [4.78, 5) is 0. The highest BCUT2D eigenvalue weighted by Gasteiger charge is 2.13. The lowest BCUT2D eigenvalue weighted by Crippen LogP contribution is -2.35. The van der Waals surface area contributed by atoms with Crippen molar-refractivity contribution in [2.45, 2.75) is 19.4 Å². The van der Waals surface area contributed by atoms with Crippen LogP contribution in [-0.2, 0) is 10.2 Å². The molecule has 0 radical (unpaired) electrons. The molecule has 0 aliphatic rings. The van der Waals surface area contributed by atoms with E-state index in [0.29, 0.717) is 6.42 Å². The Morgan fingerprint density at radius 2 is 2.16 bits per heavy atom. The minimum atomic E-state index is -3.47. The molecule has 5 nitrogen and oxygen atoms in total. The van der Waals surface area contributed by atoms with Gasteiger partial charge in [-0.3, -0.25) is 0 Å². The highest BCUT2D eigenvalue weighted by Crippen LogP contribution is 2.14. The van der Waals surface area contributed by atoms with Crippen LogP contribution in [0.2, 0.25) is 0 Å². The molecular weight excluding hydrogens is 264 g/mol. The first-order chi connectivity index (χ1) is 8.98. The number of rotatable bonds is 5. The average molecular weight is 282 g/mol. The van der Waals surface area contributed by atoms with E-state index < -0.39 is 10.2 Å². The van der Waals surface area contributed by atoms with Gasteiger partial charge < -0.3 is 5.11 Å². The summed E-state index contributed by atoms with van der Waals surface area (Å²) < 4.78 is 27.5. The second kappa shape index (κ2) is 7.26. The summed E-state index contributed by atoms with van der Waals surface area (Å²) in [6, 6.07) is 6.97. The zero-order valence-electron chi connectivity index (χ0n) is 11.0. The second-order valence-electron chi connectivity index (χ2n) is 3.95. The maximum absolute atomic E-state index is 11.4. The molecule has 1 atom stereocenters. The van der Waals surface area contributed by atoms with Gasteiger partial charge in [-0.25, -0.2) is 4.72 Å². The smallest absolute Gasteiger partial charge is 0.277 e. The third-order valence-electron chi connectivity index (χ3n) is 2.46. The van der Waals surface area contributed by atoms with Gasteiger partial charge in [-0.1, -0.05) is 24.0 Å². The van der Waals surface area contributed by atoms with Gasteiger partial charge in [0.25, 0.3) is 10.2 Å². The van der Waals surface area contributed by atoms with E-state index in [4.69, 9.17) is 5.11 Å². The number of aliphatic hydroxyl groups excluding tert-OH is 1. The van der Waals surface area contributed by atoms with Crippen LogP contribution in [0.3, 0.4) is 0 Å². The van der Waals surface area contributed by atoms with Gasteiger partial charge in [-0.05, 0) is 24.6 Å². The standard InChI is InChI=1S/C13H18N2O3S/c1-11(15-19(17,18)14-2)13-8-5-7-12(10-13)6-3-4-9-16/h5,7-8,10-11,14-16H,4,9H2,1-2H3. The van der Waals surface area contributed by atoms with Crippen LogP contribution >= 0.6 is 0 Å². The highest BCUT2D eigenvalue weighted by molar-refractivity contribution is 7.87. The SMILES string of the molecule is CNS(=O)(=O)NC(C)c1cccc(C#CCCO)c1. The molecule has 0 bridgehead atoms. The Balaban J connectivity index is 2.85. The van der Waals surface area contributed by atoms with E-state index in [1.54, 1.807) is 6.92 Å². The molecule has 0 fully saturated rings. The van der Waals surface area contributed by atoms with Gasteiger partial charge in [0, 0.05) is 25.1 Å². The maximum atomic E-state index is 11.4. The van der Waals surface area contributed by atoms with Gasteiger partial charge in [-0.2, -0.15) is 13.1 Å². The van der Waals surface area contributed by atoms with Gasteiger partial charge in [-0.15, -0.1) is 0 Å². The van der Waals surface area contributed by atoms with Crippen molar-refractivity contribution in [3.8, 4) is 11.8 Å². The number of benzene rings is 1. The van der Waals surface area contributed by atoms with E-state index in [1.165, 1.54) is 7.05 Å². The Morgan fingerprint density at radius 1 is 1.42 bits per heavy atom. The molecule has 1 unspecified atom stereocenters. The largest absolute Gasteiger partial charge is 0.395 e. The first kappa shape index (κ1) is 15.7. The molecule has 0 aliphatic carbocycles. The fourth-order valence-electron chi connectivity index (χ4n) is 1.47. The van der Waals surface area contributed by atoms with Gasteiger partial charge >= 0.3 is 0 Å². The Bertz CT molecular complexity index is 573. The van der Waals surface area contributed by atoms with E-state index in [2.05, 4.69) is 21.3 Å². The first-order valence-corrected chi connectivity index (χ1v) is 7.37. The summed E-state index contributed by atoms with van der Waals surface area (Å²) in [6.45, 7) is 1.79. The molecule has 3 N–H and O–H groups in total. The zero-order valence-corrected chi connectivity index (χ0v) is 11.8. The molecule has 1 aromatic carbocycles. The molecule has 6 heteroatoms. The van der Waals surface area contributed by atoms with Gasteiger partial charge in [0.05, 0.1) is 6.61 Å². The van der Waals surface area contributed by atoms with E-state index in [0.717, 1.165) is 11.1 Å². The number of hydrogen-bond donors (Lipinski definition) is 3. The molecule has 0 spiro atoms. The van der Waals surface area contributed by atoms with Crippen LogP contribution in [0.1, 0.15) is 30.5 Å². The third kappa shape index (κ3) is 5.41. The lowest BCUT2D eigenvalue weighted by Gasteiger charge is -2.14. The van der Waals surface area contributed by atoms with E-state index in [9.17, 15) is 8.42 Å². The molecule has 0 amide bonds. The lowest BCUT2D eigenvalue weighted by atomic mass is 10.1. The quantitative estimate of drug-likeness (QED) is 0.690. The Kier molecular flexibility index (Phi) is 5.99. The molecule has 1 aromatic rings. The molecule has 0 aromatic heterocycles. The number of nitrogens with one attached hydrogen (secondary N) is 2. The molecule has 1 rings (SSSR count). The summed E-state index contributed by atoms with van der Waals surface area (Å²) in [5.41, 5.74) is 1.62. The van der Waals surface area contributed by atoms with Crippen LogP contribution in [0.25, 0.3) is 0 Å². The van der Waals surface area contributed by atoms with Gasteiger partial charge in [0.1, 0.15) is 0 Å². The summed E-state index contributed by atoms with van der Waals surface area (Å²) in [5.74, 6) is 5.74. The topological polar surface area (TPSA) is 78.4 Å². The van der Waals surface area contributed by atoms with Crippen molar-refractivity contribution in [1.29, 1.82) is 0 Å². The van der Waals surface area contributed by atoms with Crippen molar-refractivity contribution in [3.05, 3.63) is 35.4 Å². The van der Waals surface area contributed by atoms with E-state index >= 15 is 0 Å². The van der Waals surface area contributed by atoms with Crippen molar-refractivity contribution in [2.24, 2.45) is 0 Å². The molecule has 0 saturated heterocycles. The van der Waals surface area contributed by atoms with Gasteiger partial charge in [0.2, 0.25) is 0 Å². The maximum Gasteiger partial charge on any atom is 0.277 e. The van der Waals surface area contributed by atoms with E-state index in [1.807, 2.05) is 24.3 Å². The van der Waals surface area contributed by atoms with Crippen molar-refractivity contribution < 1.29 is 13.5 Å². The normalized spacial score (nSPS) is 12.6. The molecule has 104 valence electrons.